The van der Waals surface area contributed by atoms with E-state index in [0.29, 0.717) is 36.0 Å². The number of H-pyrrole nitrogens is 1. The number of nitrogens with one attached hydrogen (secondary N) is 1. The van der Waals surface area contributed by atoms with Gasteiger partial charge in [0.05, 0.1) is 18.4 Å². The molecule has 1 aromatic heterocycles. The number of likely N-dealkylation sites (tertiary alicyclic amines) is 1. The van der Waals surface area contributed by atoms with Crippen LogP contribution in [0.15, 0.2) is 24.3 Å². The predicted octanol–water partition coefficient (Wildman–Crippen LogP) is 3.24. The molecule has 1 aliphatic heterocycles. The molecule has 2 N–H and O–H groups in total. The number of halogens is 1. The van der Waals surface area contributed by atoms with Crippen molar-refractivity contribution in [3.8, 4) is 17.0 Å². The van der Waals surface area contributed by atoms with E-state index in [1.807, 2.05) is 13.8 Å². The molecule has 27 heavy (non-hydrogen) atoms. The first-order chi connectivity index (χ1) is 12.8. The minimum atomic E-state index is -0.678. The molecule has 1 aromatic carbocycles. The molecule has 2 aromatic rings. The van der Waals surface area contributed by atoms with Gasteiger partial charge in [0.25, 0.3) is 5.91 Å². The molecule has 0 bridgehead atoms. The van der Waals surface area contributed by atoms with Crippen molar-refractivity contribution in [3.05, 3.63) is 35.8 Å². The molecule has 1 fully saturated rings. The van der Waals surface area contributed by atoms with E-state index in [-0.39, 0.29) is 11.7 Å². The molecule has 6 nitrogen and oxygen atoms in total. The standard InChI is InChI=1S/C20H26FN3O3/c1-20(2,26)12-13-6-8-24(9-7-13)19(25)17-11-16(22-23-17)14-4-5-18(27-3)15(21)10-14/h4-5,10-11,13,26H,6-9,12H2,1-3H3,(H,22,23). The van der Waals surface area contributed by atoms with E-state index in [9.17, 15) is 14.3 Å². The number of amides is 1. The van der Waals surface area contributed by atoms with Crippen LogP contribution in [0.2, 0.25) is 0 Å². The molecule has 146 valence electrons. The highest BCUT2D eigenvalue weighted by molar-refractivity contribution is 5.93. The van der Waals surface area contributed by atoms with Crippen LogP contribution in [0.3, 0.4) is 0 Å². The Kier molecular flexibility index (Phi) is 5.51. The number of hydrogen-bond donors (Lipinski definition) is 2. The lowest BCUT2D eigenvalue weighted by Gasteiger charge is -2.34. The van der Waals surface area contributed by atoms with Crippen LogP contribution in [-0.4, -0.2) is 51.9 Å². The third-order valence-corrected chi connectivity index (χ3v) is 4.95. The summed E-state index contributed by atoms with van der Waals surface area (Å²) in [5.41, 5.74) is 0.800. The van der Waals surface area contributed by atoms with E-state index < -0.39 is 11.4 Å². The SMILES string of the molecule is COc1ccc(-c2cc(C(=O)N3CCC(CC(C)(C)O)CC3)[nH]n2)cc1F. The van der Waals surface area contributed by atoms with Gasteiger partial charge in [0.2, 0.25) is 0 Å². The number of methoxy groups -OCH3 is 1. The van der Waals surface area contributed by atoms with Gasteiger partial charge in [-0.05, 0) is 63.3 Å². The van der Waals surface area contributed by atoms with E-state index in [4.69, 9.17) is 4.74 Å². The summed E-state index contributed by atoms with van der Waals surface area (Å²) in [4.78, 5) is 14.5. The third-order valence-electron chi connectivity index (χ3n) is 4.95. The van der Waals surface area contributed by atoms with Crippen molar-refractivity contribution in [3.63, 3.8) is 0 Å². The highest BCUT2D eigenvalue weighted by atomic mass is 19.1. The van der Waals surface area contributed by atoms with Gasteiger partial charge in [-0.3, -0.25) is 9.89 Å². The number of benzene rings is 1. The fourth-order valence-corrected chi connectivity index (χ4v) is 3.62. The second-order valence-electron chi connectivity index (χ2n) is 7.77. The van der Waals surface area contributed by atoms with Gasteiger partial charge >= 0.3 is 0 Å². The summed E-state index contributed by atoms with van der Waals surface area (Å²) in [6.07, 6.45) is 2.49. The number of aromatic nitrogens is 2. The molecule has 0 saturated carbocycles. The van der Waals surface area contributed by atoms with Crippen LogP contribution in [-0.2, 0) is 0 Å². The normalized spacial score (nSPS) is 15.8. The first-order valence-corrected chi connectivity index (χ1v) is 9.18. The average Bonchev–Trinajstić information content (AvgIpc) is 3.10. The molecule has 3 rings (SSSR count). The second kappa shape index (κ2) is 7.68. The minimum Gasteiger partial charge on any atom is -0.494 e. The summed E-state index contributed by atoms with van der Waals surface area (Å²) in [5.74, 6) is 0.0114. The van der Waals surface area contributed by atoms with Gasteiger partial charge in [-0.1, -0.05) is 0 Å². The van der Waals surface area contributed by atoms with Crippen LogP contribution < -0.4 is 4.74 Å². The maximum Gasteiger partial charge on any atom is 0.271 e. The maximum atomic E-state index is 13.9. The first-order valence-electron chi connectivity index (χ1n) is 9.18. The summed E-state index contributed by atoms with van der Waals surface area (Å²) in [6, 6.07) is 6.22. The van der Waals surface area contributed by atoms with Crippen LogP contribution >= 0.6 is 0 Å². The van der Waals surface area contributed by atoms with Gasteiger partial charge in [-0.2, -0.15) is 5.10 Å². The Bertz CT molecular complexity index is 805. The van der Waals surface area contributed by atoms with Crippen LogP contribution in [0.4, 0.5) is 4.39 Å². The molecule has 1 aliphatic rings. The van der Waals surface area contributed by atoms with Crippen molar-refractivity contribution in [2.24, 2.45) is 5.92 Å². The second-order valence-corrected chi connectivity index (χ2v) is 7.77. The molecule has 0 aliphatic carbocycles. The number of nitrogens with zero attached hydrogens (tertiary/aromatic N) is 2. The Labute approximate surface area is 158 Å². The van der Waals surface area contributed by atoms with Crippen molar-refractivity contribution in [1.29, 1.82) is 0 Å². The smallest absolute Gasteiger partial charge is 0.271 e. The molecule has 2 heterocycles. The van der Waals surface area contributed by atoms with E-state index in [0.717, 1.165) is 19.3 Å². The number of ether oxygens (including phenoxy) is 1. The highest BCUT2D eigenvalue weighted by Crippen LogP contribution is 2.28. The van der Waals surface area contributed by atoms with Gasteiger partial charge < -0.3 is 14.7 Å². The van der Waals surface area contributed by atoms with Gasteiger partial charge in [-0.25, -0.2) is 4.39 Å². The molecule has 0 atom stereocenters. The zero-order valence-corrected chi connectivity index (χ0v) is 16.0. The van der Waals surface area contributed by atoms with Crippen LogP contribution in [0, 0.1) is 11.7 Å². The molecule has 0 radical (unpaired) electrons. The first kappa shape index (κ1) is 19.4. The Morgan fingerprint density at radius 1 is 1.37 bits per heavy atom. The fourth-order valence-electron chi connectivity index (χ4n) is 3.62. The van der Waals surface area contributed by atoms with Crippen molar-refractivity contribution >= 4 is 5.91 Å². The van der Waals surface area contributed by atoms with Gasteiger partial charge in [0, 0.05) is 18.7 Å². The maximum absolute atomic E-state index is 13.9. The molecule has 7 heteroatoms. The summed E-state index contributed by atoms with van der Waals surface area (Å²) < 4.78 is 18.8. The molecular formula is C20H26FN3O3. The van der Waals surface area contributed by atoms with Gasteiger partial charge in [0.15, 0.2) is 11.6 Å². The van der Waals surface area contributed by atoms with Crippen LogP contribution in [0.25, 0.3) is 11.3 Å². The van der Waals surface area contributed by atoms with Crippen molar-refractivity contribution in [1.82, 2.24) is 15.1 Å². The van der Waals surface area contributed by atoms with Crippen molar-refractivity contribution in [2.75, 3.05) is 20.2 Å². The van der Waals surface area contributed by atoms with E-state index in [1.165, 1.54) is 19.2 Å². The van der Waals surface area contributed by atoms with E-state index in [2.05, 4.69) is 10.2 Å². The lowest BCUT2D eigenvalue weighted by atomic mass is 9.86. The zero-order chi connectivity index (χ0) is 19.6. The Balaban J connectivity index is 1.65. The molecule has 0 spiro atoms. The largest absolute Gasteiger partial charge is 0.494 e. The monoisotopic (exact) mass is 375 g/mol. The minimum absolute atomic E-state index is 0.107. The van der Waals surface area contributed by atoms with Gasteiger partial charge in [0.1, 0.15) is 5.69 Å². The number of piperidine rings is 1. The topological polar surface area (TPSA) is 78.5 Å². The Morgan fingerprint density at radius 2 is 2.07 bits per heavy atom. The number of carbonyl (C=O) groups excluding carboxylic acids is 1. The molecular weight excluding hydrogens is 349 g/mol. The van der Waals surface area contributed by atoms with E-state index in [1.54, 1.807) is 17.0 Å². The van der Waals surface area contributed by atoms with Crippen molar-refractivity contribution < 1.29 is 19.0 Å². The van der Waals surface area contributed by atoms with Crippen LogP contribution in [0.1, 0.15) is 43.6 Å². The Morgan fingerprint density at radius 3 is 2.67 bits per heavy atom. The number of hydrogen-bond acceptors (Lipinski definition) is 4. The number of rotatable bonds is 5. The highest BCUT2D eigenvalue weighted by Gasteiger charge is 2.28. The lowest BCUT2D eigenvalue weighted by Crippen LogP contribution is -2.40. The average molecular weight is 375 g/mol. The van der Waals surface area contributed by atoms with E-state index >= 15 is 0 Å². The summed E-state index contributed by atoms with van der Waals surface area (Å²) in [5, 5.41) is 16.9. The number of carbonyl (C=O) groups is 1. The summed E-state index contributed by atoms with van der Waals surface area (Å²) in [6.45, 7) is 4.95. The number of aliphatic hydroxyl groups is 1. The summed E-state index contributed by atoms with van der Waals surface area (Å²) >= 11 is 0. The molecule has 1 saturated heterocycles. The predicted molar refractivity (Wildman–Crippen MR) is 100 cm³/mol. The number of aromatic amines is 1. The molecule has 1 amide bonds. The lowest BCUT2D eigenvalue weighted by molar-refractivity contribution is 0.0357. The summed E-state index contributed by atoms with van der Waals surface area (Å²) in [7, 11) is 1.41. The van der Waals surface area contributed by atoms with Crippen molar-refractivity contribution in [2.45, 2.75) is 38.7 Å². The zero-order valence-electron chi connectivity index (χ0n) is 16.0. The van der Waals surface area contributed by atoms with Gasteiger partial charge in [-0.15, -0.1) is 0 Å². The Hall–Kier alpha value is -2.41. The molecule has 0 unspecified atom stereocenters. The van der Waals surface area contributed by atoms with Crippen LogP contribution in [0.5, 0.6) is 5.75 Å². The fraction of sp³-hybridized carbons (Fsp3) is 0.500. The third kappa shape index (κ3) is 4.66. The quantitative estimate of drug-likeness (QED) is 0.841.